The molecule has 3 fully saturated rings. The van der Waals surface area contributed by atoms with Crippen LogP contribution in [0.4, 0.5) is 0 Å². The van der Waals surface area contributed by atoms with Crippen LogP contribution in [0, 0.1) is 11.3 Å². The molecule has 1 amide bonds. The molecule has 3 heterocycles. The van der Waals surface area contributed by atoms with Gasteiger partial charge in [-0.15, -0.1) is 0 Å². The number of likely N-dealkylation sites (tertiary alicyclic amines) is 1. The summed E-state index contributed by atoms with van der Waals surface area (Å²) in [5.74, 6) is 0.905. The van der Waals surface area contributed by atoms with Gasteiger partial charge in [-0.25, -0.2) is 0 Å². The van der Waals surface area contributed by atoms with Gasteiger partial charge in [-0.3, -0.25) is 4.79 Å². The summed E-state index contributed by atoms with van der Waals surface area (Å²) in [6.07, 6.45) is 7.87. The standard InChI is InChI=1S/C19H28N2O3/c1-20-9-2-4-16(20)18(22)21-10-7-17-19(13-21,8-3-11-24-17)14-23-12-15-5-6-15/h2,4,9,15,17H,3,5-8,10-14H2,1H3/t17-,19-/m1/s1. The lowest BCUT2D eigenvalue weighted by atomic mass is 9.73. The van der Waals surface area contributed by atoms with E-state index in [4.69, 9.17) is 9.47 Å². The average Bonchev–Trinajstić information content (AvgIpc) is 3.32. The highest BCUT2D eigenvalue weighted by molar-refractivity contribution is 5.92. The molecule has 3 aliphatic rings. The third-order valence-electron chi connectivity index (χ3n) is 5.88. The van der Waals surface area contributed by atoms with Crippen molar-refractivity contribution in [1.82, 2.24) is 9.47 Å². The number of nitrogens with zero attached hydrogens (tertiary/aromatic N) is 2. The molecule has 0 radical (unpaired) electrons. The fourth-order valence-corrected chi connectivity index (χ4v) is 4.23. The smallest absolute Gasteiger partial charge is 0.270 e. The maximum absolute atomic E-state index is 12.9. The van der Waals surface area contributed by atoms with E-state index in [2.05, 4.69) is 0 Å². The van der Waals surface area contributed by atoms with Crippen LogP contribution in [0.5, 0.6) is 0 Å². The Morgan fingerprint density at radius 1 is 1.42 bits per heavy atom. The Morgan fingerprint density at radius 2 is 2.29 bits per heavy atom. The highest BCUT2D eigenvalue weighted by Gasteiger charge is 2.47. The van der Waals surface area contributed by atoms with E-state index < -0.39 is 0 Å². The molecule has 1 aromatic heterocycles. The van der Waals surface area contributed by atoms with E-state index in [1.165, 1.54) is 12.8 Å². The van der Waals surface area contributed by atoms with Crippen LogP contribution in [0.3, 0.4) is 0 Å². The Bertz CT molecular complexity index is 595. The predicted octanol–water partition coefficient (Wildman–Crippen LogP) is 2.46. The zero-order chi connectivity index (χ0) is 16.6. The number of carbonyl (C=O) groups excluding carboxylic acids is 1. The lowest BCUT2D eigenvalue weighted by Crippen LogP contribution is -2.58. The van der Waals surface area contributed by atoms with Gasteiger partial charge < -0.3 is 18.9 Å². The minimum absolute atomic E-state index is 0.0216. The Balaban J connectivity index is 1.47. The molecule has 2 aliphatic heterocycles. The summed E-state index contributed by atoms with van der Waals surface area (Å²) >= 11 is 0. The van der Waals surface area contributed by atoms with E-state index in [9.17, 15) is 4.79 Å². The molecule has 5 nitrogen and oxygen atoms in total. The van der Waals surface area contributed by atoms with Gasteiger partial charge >= 0.3 is 0 Å². The maximum Gasteiger partial charge on any atom is 0.270 e. The van der Waals surface area contributed by atoms with Crippen molar-refractivity contribution in [3.8, 4) is 0 Å². The van der Waals surface area contributed by atoms with Crippen molar-refractivity contribution in [2.24, 2.45) is 18.4 Å². The minimum Gasteiger partial charge on any atom is -0.380 e. The van der Waals surface area contributed by atoms with Crippen molar-refractivity contribution in [2.45, 2.75) is 38.2 Å². The summed E-state index contributed by atoms with van der Waals surface area (Å²) < 4.78 is 14.1. The third-order valence-corrected chi connectivity index (χ3v) is 5.88. The SMILES string of the molecule is Cn1cccc1C(=O)N1CC[C@H]2OCCC[C@]2(COCC2CC2)C1. The fraction of sp³-hybridized carbons (Fsp3) is 0.737. The van der Waals surface area contributed by atoms with Crippen molar-refractivity contribution < 1.29 is 14.3 Å². The molecule has 5 heteroatoms. The molecule has 0 spiro atoms. The Morgan fingerprint density at radius 3 is 3.04 bits per heavy atom. The Hall–Kier alpha value is -1.33. The molecular weight excluding hydrogens is 304 g/mol. The first-order valence-corrected chi connectivity index (χ1v) is 9.28. The number of aromatic nitrogens is 1. The van der Waals surface area contributed by atoms with Gasteiger partial charge in [0.25, 0.3) is 5.91 Å². The van der Waals surface area contributed by atoms with E-state index in [1.54, 1.807) is 0 Å². The summed E-state index contributed by atoms with van der Waals surface area (Å²) in [6.45, 7) is 3.98. The molecule has 0 unspecified atom stereocenters. The second-order valence-electron chi connectivity index (χ2n) is 7.80. The van der Waals surface area contributed by atoms with Crippen LogP contribution in [0.15, 0.2) is 18.3 Å². The van der Waals surface area contributed by atoms with Crippen molar-refractivity contribution in [1.29, 1.82) is 0 Å². The van der Waals surface area contributed by atoms with E-state index in [0.29, 0.717) is 0 Å². The maximum atomic E-state index is 12.9. The molecular formula is C19H28N2O3. The average molecular weight is 332 g/mol. The number of ether oxygens (including phenoxy) is 2. The van der Waals surface area contributed by atoms with E-state index in [1.807, 2.05) is 34.8 Å². The molecule has 0 N–H and O–H groups in total. The van der Waals surface area contributed by atoms with Gasteiger partial charge in [-0.05, 0) is 50.2 Å². The molecule has 1 aliphatic carbocycles. The van der Waals surface area contributed by atoms with E-state index in [0.717, 1.165) is 63.8 Å². The molecule has 0 aromatic carbocycles. The Kier molecular flexibility index (Phi) is 4.39. The van der Waals surface area contributed by atoms with Crippen molar-refractivity contribution in [2.75, 3.05) is 32.9 Å². The van der Waals surface area contributed by atoms with Crippen molar-refractivity contribution in [3.05, 3.63) is 24.0 Å². The first kappa shape index (κ1) is 16.2. The third kappa shape index (κ3) is 3.11. The van der Waals surface area contributed by atoms with Crippen LogP contribution >= 0.6 is 0 Å². The Labute approximate surface area is 143 Å². The predicted molar refractivity (Wildman–Crippen MR) is 90.9 cm³/mol. The van der Waals surface area contributed by atoms with E-state index in [-0.39, 0.29) is 17.4 Å². The highest BCUT2D eigenvalue weighted by Crippen LogP contribution is 2.41. The molecule has 2 atom stereocenters. The van der Waals surface area contributed by atoms with Gasteiger partial charge in [0.1, 0.15) is 5.69 Å². The summed E-state index contributed by atoms with van der Waals surface area (Å²) in [5.41, 5.74) is 0.742. The monoisotopic (exact) mass is 332 g/mol. The highest BCUT2D eigenvalue weighted by atomic mass is 16.5. The number of piperidine rings is 1. The van der Waals surface area contributed by atoms with Crippen LogP contribution in [0.2, 0.25) is 0 Å². The number of carbonyl (C=O) groups is 1. The number of fused-ring (bicyclic) bond motifs is 1. The molecule has 1 saturated carbocycles. The number of aryl methyl sites for hydroxylation is 1. The first-order chi connectivity index (χ1) is 11.7. The molecule has 1 aromatic rings. The van der Waals surface area contributed by atoms with Crippen molar-refractivity contribution >= 4 is 5.91 Å². The van der Waals surface area contributed by atoms with Gasteiger partial charge in [0.2, 0.25) is 0 Å². The lowest BCUT2D eigenvalue weighted by Gasteiger charge is -2.50. The number of hydrogen-bond acceptors (Lipinski definition) is 3. The number of rotatable bonds is 5. The van der Waals surface area contributed by atoms with Gasteiger partial charge in [0, 0.05) is 45.0 Å². The second-order valence-corrected chi connectivity index (χ2v) is 7.80. The first-order valence-electron chi connectivity index (χ1n) is 9.28. The van der Waals surface area contributed by atoms with Crippen LogP contribution in [-0.4, -0.2) is 54.4 Å². The zero-order valence-corrected chi connectivity index (χ0v) is 14.6. The lowest BCUT2D eigenvalue weighted by molar-refractivity contribution is -0.147. The van der Waals surface area contributed by atoms with E-state index >= 15 is 0 Å². The zero-order valence-electron chi connectivity index (χ0n) is 14.6. The summed E-state index contributed by atoms with van der Waals surface area (Å²) in [7, 11) is 1.93. The van der Waals surface area contributed by atoms with Crippen LogP contribution in [-0.2, 0) is 16.5 Å². The van der Waals surface area contributed by atoms with Gasteiger partial charge in [0.15, 0.2) is 0 Å². The quantitative estimate of drug-likeness (QED) is 0.832. The number of amides is 1. The molecule has 132 valence electrons. The van der Waals surface area contributed by atoms with Crippen LogP contribution in [0.1, 0.15) is 42.6 Å². The van der Waals surface area contributed by atoms with Crippen LogP contribution in [0.25, 0.3) is 0 Å². The topological polar surface area (TPSA) is 43.7 Å². The van der Waals surface area contributed by atoms with Gasteiger partial charge in [0.05, 0.1) is 12.7 Å². The summed E-state index contributed by atoms with van der Waals surface area (Å²) in [5, 5.41) is 0. The molecule has 4 rings (SSSR count). The fourth-order valence-electron chi connectivity index (χ4n) is 4.23. The second kappa shape index (κ2) is 6.52. The van der Waals surface area contributed by atoms with Crippen LogP contribution < -0.4 is 0 Å². The van der Waals surface area contributed by atoms with Crippen molar-refractivity contribution in [3.63, 3.8) is 0 Å². The molecule has 0 bridgehead atoms. The normalized spacial score (nSPS) is 30.2. The van der Waals surface area contributed by atoms with Gasteiger partial charge in [-0.2, -0.15) is 0 Å². The minimum atomic E-state index is -0.0216. The summed E-state index contributed by atoms with van der Waals surface area (Å²) in [4.78, 5) is 14.9. The summed E-state index contributed by atoms with van der Waals surface area (Å²) in [6, 6.07) is 3.83. The molecule has 24 heavy (non-hydrogen) atoms. The van der Waals surface area contributed by atoms with Gasteiger partial charge in [-0.1, -0.05) is 0 Å². The molecule has 2 saturated heterocycles. The number of hydrogen-bond donors (Lipinski definition) is 0. The largest absolute Gasteiger partial charge is 0.380 e.